The maximum Gasteiger partial charge on any atom is 0.255 e. The van der Waals surface area contributed by atoms with Crippen LogP contribution in [0.1, 0.15) is 71.8 Å². The van der Waals surface area contributed by atoms with Crippen molar-refractivity contribution in [1.29, 1.82) is 0 Å². The number of nitrogens with one attached hydrogen (secondary N) is 1. The van der Waals surface area contributed by atoms with E-state index in [1.165, 1.54) is 47.1 Å². The zero-order valence-electron chi connectivity index (χ0n) is 19.3. The minimum Gasteiger partial charge on any atom is -0.508 e. The lowest BCUT2D eigenvalue weighted by atomic mass is 9.71. The Morgan fingerprint density at radius 2 is 1.72 bits per heavy atom. The largest absolute Gasteiger partial charge is 0.508 e. The Morgan fingerprint density at radius 3 is 2.41 bits per heavy atom. The lowest BCUT2D eigenvalue weighted by Crippen LogP contribution is -2.24. The van der Waals surface area contributed by atoms with E-state index in [0.29, 0.717) is 11.3 Å². The highest BCUT2D eigenvalue weighted by Gasteiger charge is 2.28. The van der Waals surface area contributed by atoms with Crippen LogP contribution in [-0.2, 0) is 11.8 Å². The van der Waals surface area contributed by atoms with Crippen LogP contribution in [0.2, 0.25) is 0 Å². The van der Waals surface area contributed by atoms with Gasteiger partial charge < -0.3 is 10.4 Å². The summed E-state index contributed by atoms with van der Waals surface area (Å²) >= 11 is 0. The van der Waals surface area contributed by atoms with Crippen LogP contribution in [0.3, 0.4) is 0 Å². The highest BCUT2D eigenvalue weighted by Crippen LogP contribution is 2.39. The minimum absolute atomic E-state index is 0.171. The molecule has 1 aliphatic carbocycles. The van der Waals surface area contributed by atoms with Gasteiger partial charge in [-0.2, -0.15) is 0 Å². The first-order valence-corrected chi connectivity index (χ1v) is 11.3. The monoisotopic (exact) mass is 425 g/mol. The van der Waals surface area contributed by atoms with Gasteiger partial charge in [0, 0.05) is 11.3 Å². The fourth-order valence-corrected chi connectivity index (χ4v) is 4.69. The van der Waals surface area contributed by atoms with Gasteiger partial charge in [-0.05, 0) is 108 Å². The van der Waals surface area contributed by atoms with Gasteiger partial charge in [0.05, 0.1) is 0 Å². The summed E-state index contributed by atoms with van der Waals surface area (Å²) in [6.45, 7) is 9.07. The first-order valence-electron chi connectivity index (χ1n) is 11.3. The number of hydrogen-bond acceptors (Lipinski definition) is 2. The topological polar surface area (TPSA) is 49.3 Å². The van der Waals surface area contributed by atoms with E-state index < -0.39 is 0 Å². The molecule has 0 bridgehead atoms. The predicted molar refractivity (Wildman–Crippen MR) is 133 cm³/mol. The number of amides is 1. The van der Waals surface area contributed by atoms with Crippen LogP contribution in [0, 0.1) is 6.92 Å². The Hall–Kier alpha value is -3.33. The third-order valence-corrected chi connectivity index (χ3v) is 6.53. The van der Waals surface area contributed by atoms with Gasteiger partial charge in [0.2, 0.25) is 0 Å². The van der Waals surface area contributed by atoms with Crippen molar-refractivity contribution in [3.8, 4) is 5.75 Å². The first-order chi connectivity index (χ1) is 15.2. The number of rotatable bonds is 4. The number of allylic oxidation sites excluding steroid dienone is 1. The van der Waals surface area contributed by atoms with Crippen molar-refractivity contribution in [3.05, 3.63) is 94.0 Å². The lowest BCUT2D eigenvalue weighted by molar-refractivity contribution is 0.102. The molecule has 2 N–H and O–H groups in total. The third-order valence-electron chi connectivity index (χ3n) is 6.53. The molecule has 1 aliphatic rings. The number of carbonyl (C=O) groups is 1. The van der Waals surface area contributed by atoms with Crippen LogP contribution in [0.5, 0.6) is 5.75 Å². The summed E-state index contributed by atoms with van der Waals surface area (Å²) in [5.41, 5.74) is 9.37. The van der Waals surface area contributed by atoms with Crippen molar-refractivity contribution in [2.75, 3.05) is 5.32 Å². The van der Waals surface area contributed by atoms with Gasteiger partial charge in [0.15, 0.2) is 0 Å². The molecule has 0 saturated heterocycles. The SMILES string of the molecule is CC(=Cc1ccc(C(=O)Nc2ccc(O)cc2)cc1)c1cc2c(cc1C)CCCC2(C)C. The zero-order valence-corrected chi connectivity index (χ0v) is 19.3. The second kappa shape index (κ2) is 8.66. The number of phenolic OH excluding ortho intramolecular Hbond substituents is 1. The van der Waals surface area contributed by atoms with E-state index in [-0.39, 0.29) is 17.1 Å². The Labute approximate surface area is 190 Å². The molecule has 32 heavy (non-hydrogen) atoms. The van der Waals surface area contributed by atoms with Crippen molar-refractivity contribution in [1.82, 2.24) is 0 Å². The fourth-order valence-electron chi connectivity index (χ4n) is 4.69. The quantitative estimate of drug-likeness (QED) is 0.345. The molecule has 1 amide bonds. The second-order valence-electron chi connectivity index (χ2n) is 9.51. The third kappa shape index (κ3) is 4.62. The van der Waals surface area contributed by atoms with Gasteiger partial charge in [0.1, 0.15) is 5.75 Å². The number of fused-ring (bicyclic) bond motifs is 1. The predicted octanol–water partition coefficient (Wildman–Crippen LogP) is 7.13. The zero-order chi connectivity index (χ0) is 22.9. The summed E-state index contributed by atoms with van der Waals surface area (Å²) in [5, 5.41) is 12.2. The second-order valence-corrected chi connectivity index (χ2v) is 9.51. The molecule has 0 aliphatic heterocycles. The Kier molecular flexibility index (Phi) is 5.92. The minimum atomic E-state index is -0.171. The van der Waals surface area contributed by atoms with Crippen molar-refractivity contribution < 1.29 is 9.90 Å². The van der Waals surface area contributed by atoms with Crippen molar-refractivity contribution >= 4 is 23.2 Å². The fraction of sp³-hybridized carbons (Fsp3) is 0.276. The molecule has 3 heteroatoms. The smallest absolute Gasteiger partial charge is 0.255 e. The lowest BCUT2D eigenvalue weighted by Gasteiger charge is -2.33. The van der Waals surface area contributed by atoms with Gasteiger partial charge in [-0.3, -0.25) is 4.79 Å². The summed E-state index contributed by atoms with van der Waals surface area (Å²) < 4.78 is 0. The number of aryl methyl sites for hydroxylation is 2. The molecule has 3 aromatic rings. The molecule has 4 rings (SSSR count). The molecule has 0 aromatic heterocycles. The Bertz CT molecular complexity index is 1170. The van der Waals surface area contributed by atoms with Gasteiger partial charge in [0.25, 0.3) is 5.91 Å². The van der Waals surface area contributed by atoms with E-state index in [0.717, 1.165) is 5.56 Å². The number of anilines is 1. The summed E-state index contributed by atoms with van der Waals surface area (Å²) in [6.07, 6.45) is 5.86. The van der Waals surface area contributed by atoms with Crippen molar-refractivity contribution in [3.63, 3.8) is 0 Å². The Balaban J connectivity index is 1.54. The molecular weight excluding hydrogens is 394 g/mol. The Morgan fingerprint density at radius 1 is 1.03 bits per heavy atom. The first kappa shape index (κ1) is 21.9. The summed E-state index contributed by atoms with van der Waals surface area (Å²) in [5.74, 6) is 0.00272. The van der Waals surface area contributed by atoms with Crippen molar-refractivity contribution in [2.45, 2.75) is 52.4 Å². The van der Waals surface area contributed by atoms with Gasteiger partial charge >= 0.3 is 0 Å². The highest BCUT2D eigenvalue weighted by atomic mass is 16.3. The molecule has 0 radical (unpaired) electrons. The number of phenols is 1. The summed E-state index contributed by atoms with van der Waals surface area (Å²) in [7, 11) is 0. The van der Waals surface area contributed by atoms with Crippen LogP contribution < -0.4 is 5.32 Å². The molecule has 0 spiro atoms. The van der Waals surface area contributed by atoms with E-state index in [4.69, 9.17) is 0 Å². The maximum atomic E-state index is 12.5. The van der Waals surface area contributed by atoms with E-state index in [1.807, 2.05) is 24.3 Å². The normalized spacial score (nSPS) is 15.2. The average Bonchev–Trinajstić information content (AvgIpc) is 2.75. The van der Waals surface area contributed by atoms with Crippen LogP contribution >= 0.6 is 0 Å². The van der Waals surface area contributed by atoms with Crippen molar-refractivity contribution in [2.24, 2.45) is 0 Å². The van der Waals surface area contributed by atoms with Crippen LogP contribution in [-0.4, -0.2) is 11.0 Å². The standard InChI is InChI=1S/C29H31NO2/c1-19(26-18-27-23(17-20(26)2)6-5-15-29(27,3)4)16-21-7-9-22(10-8-21)28(32)30-24-11-13-25(31)14-12-24/h7-14,16-18,31H,5-6,15H2,1-4H3,(H,30,32). The molecule has 0 unspecified atom stereocenters. The molecule has 0 atom stereocenters. The van der Waals surface area contributed by atoms with E-state index in [9.17, 15) is 9.90 Å². The van der Waals surface area contributed by atoms with Gasteiger partial charge in [-0.1, -0.05) is 44.2 Å². The van der Waals surface area contributed by atoms with Gasteiger partial charge in [-0.25, -0.2) is 0 Å². The number of aromatic hydroxyl groups is 1. The molecule has 3 aromatic carbocycles. The number of hydrogen-bond donors (Lipinski definition) is 2. The molecule has 3 nitrogen and oxygen atoms in total. The molecule has 164 valence electrons. The molecule has 0 heterocycles. The number of benzene rings is 3. The van der Waals surface area contributed by atoms with Crippen LogP contribution in [0.25, 0.3) is 11.6 Å². The highest BCUT2D eigenvalue weighted by molar-refractivity contribution is 6.04. The van der Waals surface area contributed by atoms with Crippen LogP contribution in [0.4, 0.5) is 5.69 Å². The maximum absolute atomic E-state index is 12.5. The summed E-state index contributed by atoms with van der Waals surface area (Å²) in [4.78, 5) is 12.5. The van der Waals surface area contributed by atoms with E-state index in [2.05, 4.69) is 51.2 Å². The molecule has 0 fully saturated rings. The molecule has 0 saturated carbocycles. The van der Waals surface area contributed by atoms with E-state index >= 15 is 0 Å². The number of carbonyl (C=O) groups excluding carboxylic acids is 1. The average molecular weight is 426 g/mol. The van der Waals surface area contributed by atoms with Gasteiger partial charge in [-0.15, -0.1) is 0 Å². The van der Waals surface area contributed by atoms with Crippen LogP contribution in [0.15, 0.2) is 60.7 Å². The summed E-state index contributed by atoms with van der Waals surface area (Å²) in [6, 6.07) is 18.9. The molecular formula is C29H31NO2. The van der Waals surface area contributed by atoms with E-state index in [1.54, 1.807) is 24.3 Å².